The van der Waals surface area contributed by atoms with Gasteiger partial charge in [-0.25, -0.2) is 9.83 Å². The molecule has 9 nitrogen and oxygen atoms in total. The Labute approximate surface area is 216 Å². The fraction of sp³-hybridized carbons (Fsp3) is 0.500. The summed E-state index contributed by atoms with van der Waals surface area (Å²) in [6.45, 7) is 11.9. The Morgan fingerprint density at radius 1 is 1.22 bits per heavy atom. The third-order valence-electron chi connectivity index (χ3n) is 8.46. The number of fused-ring (bicyclic) bond motifs is 3. The van der Waals surface area contributed by atoms with E-state index in [-0.39, 0.29) is 17.9 Å². The molecule has 0 atom stereocenters. The fourth-order valence-corrected chi connectivity index (χ4v) is 6.37. The number of aliphatic hydroxyl groups is 1. The number of amides is 2. The van der Waals surface area contributed by atoms with Crippen LogP contribution < -0.4 is 15.0 Å². The van der Waals surface area contributed by atoms with E-state index < -0.39 is 11.0 Å². The number of carbonyl (C=O) groups is 2. The van der Waals surface area contributed by atoms with Gasteiger partial charge in [0, 0.05) is 24.7 Å². The van der Waals surface area contributed by atoms with Gasteiger partial charge in [0.05, 0.1) is 23.8 Å². The first-order chi connectivity index (χ1) is 17.8. The highest BCUT2D eigenvalue weighted by molar-refractivity contribution is 6.06. The molecule has 2 fully saturated rings. The molecule has 1 saturated carbocycles. The molecular formula is C28H31N5O4. The molecule has 2 amide bonds. The molecule has 0 unspecified atom stereocenters. The highest BCUT2D eigenvalue weighted by Crippen LogP contribution is 2.46. The summed E-state index contributed by atoms with van der Waals surface area (Å²) in [6.07, 6.45) is 5.34. The Bertz CT molecular complexity index is 1300. The number of piperidine rings is 1. The smallest absolute Gasteiger partial charge is 0.235 e. The molecule has 9 heteroatoms. The molecule has 1 saturated heterocycles. The summed E-state index contributed by atoms with van der Waals surface area (Å²) in [5.74, 6) is 1.50. The lowest BCUT2D eigenvalue weighted by molar-refractivity contribution is -0.123. The first-order valence-corrected chi connectivity index (χ1v) is 13.0. The van der Waals surface area contributed by atoms with Crippen molar-refractivity contribution in [2.45, 2.75) is 62.5 Å². The number of anilines is 2. The van der Waals surface area contributed by atoms with Gasteiger partial charge in [-0.3, -0.25) is 19.4 Å². The zero-order valence-electron chi connectivity index (χ0n) is 21.0. The molecule has 37 heavy (non-hydrogen) atoms. The number of aromatic nitrogens is 1. The second-order valence-corrected chi connectivity index (χ2v) is 11.0. The number of pyridine rings is 1. The highest BCUT2D eigenvalue weighted by atomic mass is 16.5. The van der Waals surface area contributed by atoms with Crippen molar-refractivity contribution in [3.05, 3.63) is 53.0 Å². The summed E-state index contributed by atoms with van der Waals surface area (Å²) < 4.78 is 6.04. The lowest BCUT2D eigenvalue weighted by Gasteiger charge is -2.47. The van der Waals surface area contributed by atoms with Crippen LogP contribution in [0.5, 0.6) is 5.75 Å². The van der Waals surface area contributed by atoms with Gasteiger partial charge in [-0.05, 0) is 75.4 Å². The molecule has 4 heterocycles. The van der Waals surface area contributed by atoms with Crippen LogP contribution in [0.15, 0.2) is 30.5 Å². The zero-order valence-corrected chi connectivity index (χ0v) is 21.0. The molecule has 1 aromatic carbocycles. The largest absolute Gasteiger partial charge is 0.491 e. The van der Waals surface area contributed by atoms with Gasteiger partial charge < -0.3 is 15.2 Å². The average Bonchev–Trinajstić information content (AvgIpc) is 3.14. The lowest BCUT2D eigenvalue weighted by atomic mass is 9.73. The maximum absolute atomic E-state index is 12.9. The van der Waals surface area contributed by atoms with Gasteiger partial charge in [-0.1, -0.05) is 12.1 Å². The van der Waals surface area contributed by atoms with Crippen LogP contribution in [0.3, 0.4) is 0 Å². The molecule has 3 aliphatic heterocycles. The van der Waals surface area contributed by atoms with E-state index in [0.717, 1.165) is 36.4 Å². The molecule has 1 spiro atoms. The number of hydrogen-bond donors (Lipinski definition) is 2. The van der Waals surface area contributed by atoms with Crippen molar-refractivity contribution in [3.63, 3.8) is 0 Å². The number of ether oxygens (including phenoxy) is 1. The minimum absolute atomic E-state index is 0.00471. The molecule has 2 aromatic rings. The van der Waals surface area contributed by atoms with Crippen LogP contribution in [0.4, 0.5) is 17.2 Å². The van der Waals surface area contributed by atoms with Gasteiger partial charge in [0.15, 0.2) is 5.69 Å². The normalized spacial score (nSPS) is 26.2. The summed E-state index contributed by atoms with van der Waals surface area (Å²) in [4.78, 5) is 37.7. The van der Waals surface area contributed by atoms with E-state index >= 15 is 0 Å². The van der Waals surface area contributed by atoms with E-state index in [4.69, 9.17) is 11.3 Å². The monoisotopic (exact) mass is 501 g/mol. The van der Waals surface area contributed by atoms with Gasteiger partial charge >= 0.3 is 0 Å². The van der Waals surface area contributed by atoms with Crippen LogP contribution in [0, 0.1) is 6.57 Å². The van der Waals surface area contributed by atoms with E-state index in [1.165, 1.54) is 0 Å². The van der Waals surface area contributed by atoms with Crippen molar-refractivity contribution in [1.82, 2.24) is 9.88 Å². The van der Waals surface area contributed by atoms with Crippen LogP contribution in [0.1, 0.15) is 50.2 Å². The second kappa shape index (κ2) is 8.82. The van der Waals surface area contributed by atoms with Crippen LogP contribution in [-0.4, -0.2) is 64.7 Å². The van der Waals surface area contributed by atoms with E-state index in [1.807, 2.05) is 18.2 Å². The van der Waals surface area contributed by atoms with Crippen LogP contribution in [0.2, 0.25) is 0 Å². The second-order valence-electron chi connectivity index (χ2n) is 11.0. The number of carbonyl (C=O) groups excluding carboxylic acids is 2. The molecule has 1 aliphatic carbocycles. The number of aryl methyl sites for hydroxylation is 1. The van der Waals surface area contributed by atoms with Crippen molar-refractivity contribution in [2.24, 2.45) is 0 Å². The molecular weight excluding hydrogens is 470 g/mol. The van der Waals surface area contributed by atoms with Gasteiger partial charge in [-0.2, -0.15) is 0 Å². The topological polar surface area (TPSA) is 99.4 Å². The Balaban J connectivity index is 1.05. The molecule has 192 valence electrons. The van der Waals surface area contributed by atoms with E-state index in [2.05, 4.69) is 20.0 Å². The molecule has 4 aliphatic rings. The number of benzene rings is 1. The SMILES string of the molecule is [C-]#[N+]c1ccc2c(c1)C1(CCN(CCOc3cnc4c(c3)CCC(=O)N4C3CC(C)(O)C3)CC1)C(=O)N2. The van der Waals surface area contributed by atoms with Crippen molar-refractivity contribution >= 4 is 29.0 Å². The van der Waals surface area contributed by atoms with Crippen molar-refractivity contribution < 1.29 is 19.4 Å². The Hall–Kier alpha value is -3.48. The Kier molecular flexibility index (Phi) is 5.70. The minimum Gasteiger partial charge on any atom is -0.491 e. The number of nitrogens with zero attached hydrogens (tertiary/aromatic N) is 4. The van der Waals surface area contributed by atoms with Crippen LogP contribution in [-0.2, 0) is 21.4 Å². The molecule has 1 aromatic heterocycles. The molecule has 6 rings (SSSR count). The predicted octanol–water partition coefficient (Wildman–Crippen LogP) is 3.19. The van der Waals surface area contributed by atoms with E-state index in [0.29, 0.717) is 62.4 Å². The van der Waals surface area contributed by atoms with Gasteiger partial charge in [0.2, 0.25) is 11.8 Å². The van der Waals surface area contributed by atoms with Crippen molar-refractivity contribution in [3.8, 4) is 5.75 Å². The fourth-order valence-electron chi connectivity index (χ4n) is 6.37. The summed E-state index contributed by atoms with van der Waals surface area (Å²) in [5.41, 5.74) is 2.11. The highest BCUT2D eigenvalue weighted by Gasteiger charge is 2.48. The predicted molar refractivity (Wildman–Crippen MR) is 138 cm³/mol. The van der Waals surface area contributed by atoms with E-state index in [1.54, 1.807) is 24.1 Å². The van der Waals surface area contributed by atoms with Gasteiger partial charge in [0.1, 0.15) is 18.2 Å². The molecule has 0 radical (unpaired) electrons. The number of hydrogen-bond acceptors (Lipinski definition) is 6. The number of nitrogens with one attached hydrogen (secondary N) is 1. The Morgan fingerprint density at radius 2 is 2.00 bits per heavy atom. The first kappa shape index (κ1) is 23.9. The first-order valence-electron chi connectivity index (χ1n) is 13.0. The summed E-state index contributed by atoms with van der Waals surface area (Å²) in [6, 6.07) is 7.45. The van der Waals surface area contributed by atoms with Gasteiger partial charge in [0.25, 0.3) is 0 Å². The number of rotatable bonds is 5. The third kappa shape index (κ3) is 4.14. The summed E-state index contributed by atoms with van der Waals surface area (Å²) in [7, 11) is 0. The maximum atomic E-state index is 12.9. The van der Waals surface area contributed by atoms with Crippen molar-refractivity contribution in [2.75, 3.05) is 36.5 Å². The molecule has 0 bridgehead atoms. The van der Waals surface area contributed by atoms with Crippen LogP contribution >= 0.6 is 0 Å². The quantitative estimate of drug-likeness (QED) is 0.611. The van der Waals surface area contributed by atoms with Gasteiger partial charge in [-0.15, -0.1) is 0 Å². The lowest BCUT2D eigenvalue weighted by Crippen LogP contribution is -2.57. The summed E-state index contributed by atoms with van der Waals surface area (Å²) in [5, 5.41) is 13.1. The Morgan fingerprint density at radius 3 is 2.73 bits per heavy atom. The van der Waals surface area contributed by atoms with E-state index in [9.17, 15) is 14.7 Å². The number of likely N-dealkylation sites (tertiary alicyclic amines) is 1. The molecule has 2 N–H and O–H groups in total. The average molecular weight is 502 g/mol. The zero-order chi connectivity index (χ0) is 25.8. The third-order valence-corrected chi connectivity index (χ3v) is 8.46. The summed E-state index contributed by atoms with van der Waals surface area (Å²) >= 11 is 0. The van der Waals surface area contributed by atoms with Crippen molar-refractivity contribution in [1.29, 1.82) is 0 Å². The maximum Gasteiger partial charge on any atom is 0.235 e. The van der Waals surface area contributed by atoms with Crippen LogP contribution in [0.25, 0.3) is 4.85 Å². The standard InChI is InChI=1S/C28H31N5O4/c1-27(36)15-20(16-27)33-24(34)6-3-18-13-21(17-30-25(18)33)37-12-11-32-9-7-28(8-10-32)22-14-19(29-2)4-5-23(22)31-26(28)35/h4-5,13-14,17,20,36H,3,6-12,15-16H2,1H3,(H,31,35). The minimum atomic E-state index is -0.703.